The van der Waals surface area contributed by atoms with Gasteiger partial charge in [0.05, 0.1) is 44.5 Å². The molecule has 0 fully saturated rings. The van der Waals surface area contributed by atoms with Gasteiger partial charge in [0.1, 0.15) is 11.5 Å². The van der Waals surface area contributed by atoms with Crippen molar-refractivity contribution in [1.29, 1.82) is 0 Å². The number of aromatic nitrogens is 2. The summed E-state index contributed by atoms with van der Waals surface area (Å²) in [6, 6.07) is 7.75. The lowest BCUT2D eigenvalue weighted by molar-refractivity contribution is 0.208. The molecular formula is C18H23N3O3. The molecule has 1 N–H and O–H groups in total. The van der Waals surface area contributed by atoms with E-state index in [-0.39, 0.29) is 6.61 Å². The molecule has 3 rings (SSSR count). The van der Waals surface area contributed by atoms with E-state index in [0.29, 0.717) is 19.6 Å². The lowest BCUT2D eigenvalue weighted by atomic mass is 10.1. The molecule has 0 radical (unpaired) electrons. The fourth-order valence-electron chi connectivity index (χ4n) is 2.91. The van der Waals surface area contributed by atoms with E-state index in [1.165, 1.54) is 5.56 Å². The molecule has 0 aliphatic carbocycles. The third-order valence-electron chi connectivity index (χ3n) is 4.14. The molecule has 0 amide bonds. The third kappa shape index (κ3) is 3.77. The monoisotopic (exact) mass is 329 g/mol. The lowest BCUT2D eigenvalue weighted by Gasteiger charge is -2.20. The van der Waals surface area contributed by atoms with Crippen molar-refractivity contribution >= 4 is 0 Å². The van der Waals surface area contributed by atoms with Crippen LogP contribution in [-0.4, -0.2) is 26.4 Å². The normalized spacial score (nSPS) is 11.5. The van der Waals surface area contributed by atoms with Crippen LogP contribution in [0.15, 0.2) is 45.6 Å². The molecular weight excluding hydrogens is 306 g/mol. The Balaban J connectivity index is 1.80. The molecule has 3 heterocycles. The molecule has 128 valence electrons. The molecule has 0 saturated heterocycles. The van der Waals surface area contributed by atoms with Crippen molar-refractivity contribution < 1.29 is 13.9 Å². The molecule has 0 spiro atoms. The van der Waals surface area contributed by atoms with Gasteiger partial charge >= 0.3 is 0 Å². The standard InChI is InChI=1S/C18H23N3O3/c1-14-18(15(2)21(19-14)7-8-22)13-20(11-16-5-3-9-23-16)12-17-6-4-10-24-17/h3-6,9-10,22H,7-8,11-13H2,1-2H3. The summed E-state index contributed by atoms with van der Waals surface area (Å²) >= 11 is 0. The van der Waals surface area contributed by atoms with Gasteiger partial charge in [0.15, 0.2) is 0 Å². The van der Waals surface area contributed by atoms with E-state index in [4.69, 9.17) is 8.83 Å². The number of aliphatic hydroxyl groups is 1. The smallest absolute Gasteiger partial charge is 0.117 e. The number of hydrogen-bond donors (Lipinski definition) is 1. The SMILES string of the molecule is Cc1nn(CCO)c(C)c1CN(Cc1ccco1)Cc1ccco1. The van der Waals surface area contributed by atoms with Crippen LogP contribution in [-0.2, 0) is 26.2 Å². The molecule has 0 atom stereocenters. The van der Waals surface area contributed by atoms with Crippen molar-refractivity contribution in [3.8, 4) is 0 Å². The van der Waals surface area contributed by atoms with E-state index >= 15 is 0 Å². The van der Waals surface area contributed by atoms with Gasteiger partial charge in [0.2, 0.25) is 0 Å². The van der Waals surface area contributed by atoms with Crippen LogP contribution >= 0.6 is 0 Å². The molecule has 0 bridgehead atoms. The van der Waals surface area contributed by atoms with E-state index in [0.717, 1.165) is 29.5 Å². The zero-order valence-corrected chi connectivity index (χ0v) is 14.1. The van der Waals surface area contributed by atoms with Crippen molar-refractivity contribution in [2.24, 2.45) is 0 Å². The van der Waals surface area contributed by atoms with Gasteiger partial charge in [-0.1, -0.05) is 0 Å². The first-order valence-corrected chi connectivity index (χ1v) is 8.08. The van der Waals surface area contributed by atoms with Gasteiger partial charge in [-0.2, -0.15) is 5.10 Å². The number of hydrogen-bond acceptors (Lipinski definition) is 5. The summed E-state index contributed by atoms with van der Waals surface area (Å²) in [5.74, 6) is 1.83. The average Bonchev–Trinajstić information content (AvgIpc) is 3.28. The van der Waals surface area contributed by atoms with E-state index in [2.05, 4.69) is 10.00 Å². The van der Waals surface area contributed by atoms with E-state index in [1.54, 1.807) is 12.5 Å². The maximum atomic E-state index is 9.17. The Morgan fingerprint density at radius 1 is 1.04 bits per heavy atom. The highest BCUT2D eigenvalue weighted by Crippen LogP contribution is 2.19. The Morgan fingerprint density at radius 2 is 1.67 bits per heavy atom. The van der Waals surface area contributed by atoms with Gasteiger partial charge in [-0.05, 0) is 38.1 Å². The van der Waals surface area contributed by atoms with Gasteiger partial charge < -0.3 is 13.9 Å². The zero-order valence-electron chi connectivity index (χ0n) is 14.1. The molecule has 0 aliphatic rings. The van der Waals surface area contributed by atoms with Crippen LogP contribution in [0.25, 0.3) is 0 Å². The predicted octanol–water partition coefficient (Wildman–Crippen LogP) is 2.88. The molecule has 0 aromatic carbocycles. The van der Waals surface area contributed by atoms with Crippen molar-refractivity contribution in [2.45, 2.75) is 40.0 Å². The van der Waals surface area contributed by atoms with Crippen LogP contribution in [0.4, 0.5) is 0 Å². The van der Waals surface area contributed by atoms with Gasteiger partial charge in [-0.3, -0.25) is 9.58 Å². The molecule has 3 aromatic rings. The first-order valence-electron chi connectivity index (χ1n) is 8.08. The molecule has 6 heteroatoms. The highest BCUT2D eigenvalue weighted by atomic mass is 16.3. The summed E-state index contributed by atoms with van der Waals surface area (Å²) in [5.41, 5.74) is 3.26. The largest absolute Gasteiger partial charge is 0.468 e. The van der Waals surface area contributed by atoms with Crippen molar-refractivity contribution in [3.05, 3.63) is 65.3 Å². The lowest BCUT2D eigenvalue weighted by Crippen LogP contribution is -2.22. The summed E-state index contributed by atoms with van der Waals surface area (Å²) in [6.45, 7) is 6.78. The molecule has 0 unspecified atom stereocenters. The average molecular weight is 329 g/mol. The third-order valence-corrected chi connectivity index (χ3v) is 4.14. The molecule has 6 nitrogen and oxygen atoms in total. The van der Waals surface area contributed by atoms with Gasteiger partial charge in [0, 0.05) is 17.8 Å². The van der Waals surface area contributed by atoms with E-state index < -0.39 is 0 Å². The summed E-state index contributed by atoms with van der Waals surface area (Å²) in [4.78, 5) is 2.26. The Labute approximate surface area is 141 Å². The summed E-state index contributed by atoms with van der Waals surface area (Å²) < 4.78 is 12.9. The Morgan fingerprint density at radius 3 is 2.17 bits per heavy atom. The van der Waals surface area contributed by atoms with Gasteiger partial charge in [-0.25, -0.2) is 0 Å². The predicted molar refractivity (Wildman–Crippen MR) is 89.2 cm³/mol. The minimum absolute atomic E-state index is 0.0872. The summed E-state index contributed by atoms with van der Waals surface area (Å²) in [6.07, 6.45) is 3.38. The van der Waals surface area contributed by atoms with E-state index in [1.807, 2.05) is 42.8 Å². The second-order valence-electron chi connectivity index (χ2n) is 5.90. The minimum Gasteiger partial charge on any atom is -0.468 e. The van der Waals surface area contributed by atoms with Crippen molar-refractivity contribution in [3.63, 3.8) is 0 Å². The second kappa shape index (κ2) is 7.51. The quantitative estimate of drug-likeness (QED) is 0.688. The summed E-state index contributed by atoms with van der Waals surface area (Å²) in [7, 11) is 0. The number of aryl methyl sites for hydroxylation is 1. The van der Waals surface area contributed by atoms with Crippen molar-refractivity contribution in [1.82, 2.24) is 14.7 Å². The van der Waals surface area contributed by atoms with Gasteiger partial charge in [-0.15, -0.1) is 0 Å². The zero-order chi connectivity index (χ0) is 16.9. The molecule has 0 saturated carbocycles. The van der Waals surface area contributed by atoms with Crippen LogP contribution < -0.4 is 0 Å². The highest BCUT2D eigenvalue weighted by Gasteiger charge is 2.17. The second-order valence-corrected chi connectivity index (χ2v) is 5.90. The van der Waals surface area contributed by atoms with Crippen LogP contribution in [0.2, 0.25) is 0 Å². The molecule has 0 aliphatic heterocycles. The van der Waals surface area contributed by atoms with Crippen LogP contribution in [0, 0.1) is 13.8 Å². The van der Waals surface area contributed by atoms with Crippen LogP contribution in [0.5, 0.6) is 0 Å². The Bertz CT molecular complexity index is 709. The number of furan rings is 2. The highest BCUT2D eigenvalue weighted by molar-refractivity contribution is 5.24. The first kappa shape index (κ1) is 16.5. The topological polar surface area (TPSA) is 67.6 Å². The van der Waals surface area contributed by atoms with Crippen LogP contribution in [0.1, 0.15) is 28.5 Å². The number of nitrogens with zero attached hydrogens (tertiary/aromatic N) is 3. The summed E-state index contributed by atoms with van der Waals surface area (Å²) in [5, 5.41) is 13.7. The Hall–Kier alpha value is -2.31. The number of rotatable bonds is 8. The molecule has 24 heavy (non-hydrogen) atoms. The molecule has 3 aromatic heterocycles. The Kier molecular flexibility index (Phi) is 5.17. The number of aliphatic hydroxyl groups excluding tert-OH is 1. The fraction of sp³-hybridized carbons (Fsp3) is 0.389. The van der Waals surface area contributed by atoms with E-state index in [9.17, 15) is 5.11 Å². The first-order chi connectivity index (χ1) is 11.7. The van der Waals surface area contributed by atoms with Crippen LogP contribution in [0.3, 0.4) is 0 Å². The fourth-order valence-corrected chi connectivity index (χ4v) is 2.91. The minimum atomic E-state index is 0.0872. The maximum Gasteiger partial charge on any atom is 0.117 e. The maximum absolute atomic E-state index is 9.17. The van der Waals surface area contributed by atoms with Gasteiger partial charge in [0.25, 0.3) is 0 Å². The van der Waals surface area contributed by atoms with Crippen molar-refractivity contribution in [2.75, 3.05) is 6.61 Å².